The molecule has 1 saturated heterocycles. The minimum absolute atomic E-state index is 0.0765. The van der Waals surface area contributed by atoms with E-state index in [0.29, 0.717) is 18.2 Å². The minimum atomic E-state index is -0.0765. The molecule has 0 bridgehead atoms. The molecule has 1 aliphatic heterocycles. The van der Waals surface area contributed by atoms with Crippen LogP contribution in [0.4, 0.5) is 11.4 Å². The number of nitrogens with zero attached hydrogens (tertiary/aromatic N) is 2. The number of carbonyl (C=O) groups is 1. The Bertz CT molecular complexity index is 1090. The van der Waals surface area contributed by atoms with Crippen molar-refractivity contribution >= 4 is 28.2 Å². The Kier molecular flexibility index (Phi) is 6.17. The normalized spacial score (nSPS) is 14.3. The maximum Gasteiger partial charge on any atom is 0.272 e. The number of nitrogens with one attached hydrogen (secondary N) is 1. The molecular formula is C27H33N3O. The third-order valence-electron chi connectivity index (χ3n) is 6.38. The second kappa shape index (κ2) is 9.01. The molecule has 1 fully saturated rings. The van der Waals surface area contributed by atoms with Gasteiger partial charge in [-0.2, -0.15) is 0 Å². The number of benzene rings is 2. The van der Waals surface area contributed by atoms with Crippen LogP contribution in [0.25, 0.3) is 10.9 Å². The van der Waals surface area contributed by atoms with Crippen molar-refractivity contribution in [1.29, 1.82) is 0 Å². The van der Waals surface area contributed by atoms with Gasteiger partial charge in [0.15, 0.2) is 0 Å². The second-order valence-corrected chi connectivity index (χ2v) is 8.85. The summed E-state index contributed by atoms with van der Waals surface area (Å²) < 4.78 is 2.07. The van der Waals surface area contributed by atoms with Crippen molar-refractivity contribution in [2.24, 2.45) is 0 Å². The first-order chi connectivity index (χ1) is 15.0. The Hall–Kier alpha value is -3.01. The molecule has 2 aromatic carbocycles. The summed E-state index contributed by atoms with van der Waals surface area (Å²) in [6, 6.07) is 14.8. The average molecular weight is 416 g/mol. The van der Waals surface area contributed by atoms with Crippen LogP contribution in [0.1, 0.15) is 60.6 Å². The van der Waals surface area contributed by atoms with Crippen molar-refractivity contribution < 1.29 is 4.79 Å². The summed E-state index contributed by atoms with van der Waals surface area (Å²) in [5.41, 5.74) is 6.14. The van der Waals surface area contributed by atoms with Gasteiger partial charge in [-0.3, -0.25) is 4.79 Å². The number of aromatic nitrogens is 1. The number of piperidine rings is 1. The smallest absolute Gasteiger partial charge is 0.272 e. The molecule has 4 rings (SSSR count). The van der Waals surface area contributed by atoms with Gasteiger partial charge in [0.2, 0.25) is 0 Å². The number of hydrogen-bond donors (Lipinski definition) is 1. The SMILES string of the molecule is C=CCn1c(C(=O)Nc2ccc(N3CCCCC3)cc2)c(C)c2cc(C(C)C)ccc21. The van der Waals surface area contributed by atoms with Gasteiger partial charge in [-0.25, -0.2) is 0 Å². The average Bonchev–Trinajstić information content (AvgIpc) is 3.06. The van der Waals surface area contributed by atoms with Gasteiger partial charge >= 0.3 is 0 Å². The molecular weight excluding hydrogens is 382 g/mol. The van der Waals surface area contributed by atoms with Gasteiger partial charge in [0, 0.05) is 41.9 Å². The van der Waals surface area contributed by atoms with Gasteiger partial charge in [0.05, 0.1) is 0 Å². The highest BCUT2D eigenvalue weighted by molar-refractivity contribution is 6.08. The summed E-state index contributed by atoms with van der Waals surface area (Å²) in [6.07, 6.45) is 5.68. The molecule has 3 aromatic rings. The van der Waals surface area contributed by atoms with E-state index >= 15 is 0 Å². The van der Waals surface area contributed by atoms with Crippen LogP contribution in [-0.4, -0.2) is 23.6 Å². The van der Waals surface area contributed by atoms with Crippen molar-refractivity contribution in [1.82, 2.24) is 4.57 Å². The van der Waals surface area contributed by atoms with E-state index in [0.717, 1.165) is 35.2 Å². The minimum Gasteiger partial charge on any atom is -0.372 e. The van der Waals surface area contributed by atoms with Crippen LogP contribution >= 0.6 is 0 Å². The first kappa shape index (κ1) is 21.2. The molecule has 4 heteroatoms. The molecule has 0 spiro atoms. The number of fused-ring (bicyclic) bond motifs is 1. The largest absolute Gasteiger partial charge is 0.372 e. The molecule has 1 aliphatic rings. The van der Waals surface area contributed by atoms with E-state index in [1.54, 1.807) is 0 Å². The fourth-order valence-electron chi connectivity index (χ4n) is 4.61. The highest BCUT2D eigenvalue weighted by Crippen LogP contribution is 2.30. The second-order valence-electron chi connectivity index (χ2n) is 8.85. The summed E-state index contributed by atoms with van der Waals surface area (Å²) >= 11 is 0. The van der Waals surface area contributed by atoms with Gasteiger partial charge in [-0.05, 0) is 79.6 Å². The zero-order chi connectivity index (χ0) is 22.0. The zero-order valence-corrected chi connectivity index (χ0v) is 18.9. The van der Waals surface area contributed by atoms with Crippen LogP contribution in [0.5, 0.6) is 0 Å². The van der Waals surface area contributed by atoms with Crippen LogP contribution in [0.3, 0.4) is 0 Å². The number of allylic oxidation sites excluding steroid dienone is 1. The molecule has 4 nitrogen and oxygen atoms in total. The summed E-state index contributed by atoms with van der Waals surface area (Å²) in [5.74, 6) is 0.370. The molecule has 0 unspecified atom stereocenters. The van der Waals surface area contributed by atoms with Crippen molar-refractivity contribution in [3.8, 4) is 0 Å². The Morgan fingerprint density at radius 1 is 1.10 bits per heavy atom. The summed E-state index contributed by atoms with van der Waals surface area (Å²) in [5, 5.41) is 4.25. The highest BCUT2D eigenvalue weighted by Gasteiger charge is 2.21. The number of rotatable bonds is 6. The Morgan fingerprint density at radius 3 is 2.45 bits per heavy atom. The highest BCUT2D eigenvalue weighted by atomic mass is 16.2. The van der Waals surface area contributed by atoms with Gasteiger partial charge < -0.3 is 14.8 Å². The van der Waals surface area contributed by atoms with Gasteiger partial charge in [0.25, 0.3) is 5.91 Å². The lowest BCUT2D eigenvalue weighted by Crippen LogP contribution is -2.29. The number of aryl methyl sites for hydroxylation is 1. The first-order valence-electron chi connectivity index (χ1n) is 11.4. The molecule has 0 saturated carbocycles. The number of amides is 1. The van der Waals surface area contributed by atoms with E-state index < -0.39 is 0 Å². The standard InChI is InChI=1S/C27H33N3O/c1-5-15-30-25-14-9-21(19(2)3)18-24(25)20(4)26(30)27(31)28-22-10-12-23(13-11-22)29-16-7-6-8-17-29/h5,9-14,18-19H,1,6-8,15-17H2,2-4H3,(H,28,31). The number of anilines is 2. The molecule has 0 aliphatic carbocycles. The molecule has 1 N–H and O–H groups in total. The topological polar surface area (TPSA) is 37.3 Å². The molecule has 0 radical (unpaired) electrons. The molecule has 162 valence electrons. The Balaban J connectivity index is 1.62. The van der Waals surface area contributed by atoms with E-state index in [-0.39, 0.29) is 5.91 Å². The Morgan fingerprint density at radius 2 is 1.81 bits per heavy atom. The molecule has 2 heterocycles. The Labute approximate surface area is 185 Å². The third kappa shape index (κ3) is 4.25. The predicted octanol–water partition coefficient (Wildman–Crippen LogP) is 6.50. The van der Waals surface area contributed by atoms with Gasteiger partial charge in [-0.15, -0.1) is 6.58 Å². The number of carbonyl (C=O) groups excluding carboxylic acids is 1. The summed E-state index contributed by atoms with van der Waals surface area (Å²) in [4.78, 5) is 15.8. The van der Waals surface area contributed by atoms with Gasteiger partial charge in [0.1, 0.15) is 5.69 Å². The summed E-state index contributed by atoms with van der Waals surface area (Å²) in [7, 11) is 0. The molecule has 1 amide bonds. The lowest BCUT2D eigenvalue weighted by molar-refractivity contribution is 0.101. The van der Waals surface area contributed by atoms with Crippen LogP contribution in [0.15, 0.2) is 55.1 Å². The third-order valence-corrected chi connectivity index (χ3v) is 6.38. The molecule has 1 aromatic heterocycles. The van der Waals surface area contributed by atoms with E-state index in [1.165, 1.54) is 30.5 Å². The van der Waals surface area contributed by atoms with Gasteiger partial charge in [-0.1, -0.05) is 26.0 Å². The van der Waals surface area contributed by atoms with Crippen molar-refractivity contribution in [3.05, 3.63) is 71.9 Å². The predicted molar refractivity (Wildman–Crippen MR) is 131 cm³/mol. The molecule has 31 heavy (non-hydrogen) atoms. The van der Waals surface area contributed by atoms with Crippen LogP contribution in [0.2, 0.25) is 0 Å². The lowest BCUT2D eigenvalue weighted by Gasteiger charge is -2.28. The zero-order valence-electron chi connectivity index (χ0n) is 18.9. The van der Waals surface area contributed by atoms with Crippen molar-refractivity contribution in [2.75, 3.05) is 23.3 Å². The maximum atomic E-state index is 13.3. The van der Waals surface area contributed by atoms with Crippen LogP contribution in [-0.2, 0) is 6.54 Å². The maximum absolute atomic E-state index is 13.3. The van der Waals surface area contributed by atoms with Crippen LogP contribution < -0.4 is 10.2 Å². The number of hydrogen-bond acceptors (Lipinski definition) is 2. The van der Waals surface area contributed by atoms with Crippen LogP contribution in [0, 0.1) is 6.92 Å². The fourth-order valence-corrected chi connectivity index (χ4v) is 4.61. The van der Waals surface area contributed by atoms with Crippen molar-refractivity contribution in [3.63, 3.8) is 0 Å². The monoisotopic (exact) mass is 415 g/mol. The molecule has 0 atom stereocenters. The van der Waals surface area contributed by atoms with E-state index in [1.807, 2.05) is 25.1 Å². The van der Waals surface area contributed by atoms with E-state index in [2.05, 4.69) is 65.5 Å². The van der Waals surface area contributed by atoms with E-state index in [9.17, 15) is 4.79 Å². The van der Waals surface area contributed by atoms with Crippen molar-refractivity contribution in [2.45, 2.75) is 52.5 Å². The summed E-state index contributed by atoms with van der Waals surface area (Å²) in [6.45, 7) is 13.2. The fraction of sp³-hybridized carbons (Fsp3) is 0.370. The van der Waals surface area contributed by atoms with E-state index in [4.69, 9.17) is 0 Å². The first-order valence-corrected chi connectivity index (χ1v) is 11.4. The quantitative estimate of drug-likeness (QED) is 0.467. The lowest BCUT2D eigenvalue weighted by atomic mass is 10.0.